The average Bonchev–Trinajstić information content (AvgIpc) is 2.71. The number of pyridine rings is 1. The van der Waals surface area contributed by atoms with Gasteiger partial charge in [0.2, 0.25) is 5.43 Å². The molecule has 0 radical (unpaired) electrons. The molecule has 0 spiro atoms. The van der Waals surface area contributed by atoms with Crippen LogP contribution < -0.4 is 20.4 Å². The summed E-state index contributed by atoms with van der Waals surface area (Å²) in [6.45, 7) is 3.78. The Morgan fingerprint density at radius 1 is 1.33 bits per heavy atom. The highest BCUT2D eigenvalue weighted by molar-refractivity contribution is 6.38. The summed E-state index contributed by atoms with van der Waals surface area (Å²) in [5.74, 6) is -1.08. The Morgan fingerprint density at radius 2 is 2.07 bits per heavy atom. The molecule has 4 rings (SSSR count). The summed E-state index contributed by atoms with van der Waals surface area (Å²) in [6.07, 6.45) is -0.369. The number of para-hydroxylation sites is 1. The Hall–Kier alpha value is -3.10. The second-order valence-corrected chi connectivity index (χ2v) is 7.49. The number of anilines is 1. The molecule has 0 amide bonds. The highest BCUT2D eigenvalue weighted by atomic mass is 35.5. The van der Waals surface area contributed by atoms with Crippen LogP contribution in [0.5, 0.6) is 5.75 Å². The minimum absolute atomic E-state index is 0.0629. The van der Waals surface area contributed by atoms with Crippen molar-refractivity contribution in [3.8, 4) is 11.4 Å². The van der Waals surface area contributed by atoms with Gasteiger partial charge in [-0.15, -0.1) is 0 Å². The molecule has 1 unspecified atom stereocenters. The van der Waals surface area contributed by atoms with Gasteiger partial charge in [0.15, 0.2) is 5.75 Å². The maximum Gasteiger partial charge on any atom is 0.511 e. The lowest BCUT2D eigenvalue weighted by Gasteiger charge is -2.34. The summed E-state index contributed by atoms with van der Waals surface area (Å²) < 4.78 is 21.4. The number of nitrogens with zero attached hydrogens (tertiary/aromatic N) is 2. The Kier molecular flexibility index (Phi) is 5.36. The van der Waals surface area contributed by atoms with Crippen LogP contribution in [0.4, 0.5) is 14.9 Å². The SMILES string of the molecule is CC1CN(c2c(F)cc3c(=O)c(OC(=O)O)cn(-c4ccccc4)c3c2Cl)CCN1. The second-order valence-electron chi connectivity index (χ2n) is 7.11. The van der Waals surface area contributed by atoms with Gasteiger partial charge in [0.05, 0.1) is 27.8 Å². The van der Waals surface area contributed by atoms with E-state index in [0.717, 1.165) is 6.07 Å². The maximum absolute atomic E-state index is 15.1. The summed E-state index contributed by atoms with van der Waals surface area (Å²) >= 11 is 6.69. The first-order chi connectivity index (χ1) is 14.4. The van der Waals surface area contributed by atoms with E-state index in [1.807, 2.05) is 17.9 Å². The zero-order valence-corrected chi connectivity index (χ0v) is 16.8. The fraction of sp³-hybridized carbons (Fsp3) is 0.238. The predicted molar refractivity (Wildman–Crippen MR) is 113 cm³/mol. The van der Waals surface area contributed by atoms with Gasteiger partial charge in [0.1, 0.15) is 5.82 Å². The number of rotatable bonds is 3. The van der Waals surface area contributed by atoms with Gasteiger partial charge in [-0.3, -0.25) is 4.79 Å². The van der Waals surface area contributed by atoms with Crippen LogP contribution in [0.2, 0.25) is 5.02 Å². The molecule has 0 saturated carbocycles. The molecule has 9 heteroatoms. The third-order valence-corrected chi connectivity index (χ3v) is 5.40. The third-order valence-electron chi connectivity index (χ3n) is 5.04. The van der Waals surface area contributed by atoms with E-state index >= 15 is 4.39 Å². The summed E-state index contributed by atoms with van der Waals surface area (Å²) in [4.78, 5) is 25.7. The summed E-state index contributed by atoms with van der Waals surface area (Å²) in [7, 11) is 0. The van der Waals surface area contributed by atoms with Gasteiger partial charge in [-0.2, -0.15) is 0 Å². The minimum Gasteiger partial charge on any atom is -0.449 e. The standard InChI is InChI=1S/C21H19ClFN3O4/c1-12-10-25(8-7-24-12)19-15(23)9-14-18(17(19)22)26(13-5-3-2-4-6-13)11-16(20(14)27)30-21(28)29/h2-6,9,11-12,24H,7-8,10H2,1H3,(H,28,29). The van der Waals surface area contributed by atoms with Gasteiger partial charge in [-0.05, 0) is 25.1 Å². The maximum atomic E-state index is 15.1. The van der Waals surface area contributed by atoms with Crippen molar-refractivity contribution in [1.82, 2.24) is 9.88 Å². The molecule has 3 aromatic rings. The monoisotopic (exact) mass is 431 g/mol. The van der Waals surface area contributed by atoms with E-state index in [0.29, 0.717) is 25.3 Å². The van der Waals surface area contributed by atoms with Crippen molar-refractivity contribution in [2.24, 2.45) is 0 Å². The van der Waals surface area contributed by atoms with E-state index in [-0.39, 0.29) is 27.7 Å². The van der Waals surface area contributed by atoms with Crippen LogP contribution >= 0.6 is 11.6 Å². The minimum atomic E-state index is -1.64. The molecule has 156 valence electrons. The number of carbonyl (C=O) groups is 1. The van der Waals surface area contributed by atoms with Gasteiger partial charge < -0.3 is 24.6 Å². The van der Waals surface area contributed by atoms with Crippen molar-refractivity contribution >= 4 is 34.3 Å². The largest absolute Gasteiger partial charge is 0.511 e. The number of carboxylic acid groups (broad SMARTS) is 1. The zero-order valence-electron chi connectivity index (χ0n) is 16.1. The van der Waals surface area contributed by atoms with Gasteiger partial charge in [0, 0.05) is 31.4 Å². The van der Waals surface area contributed by atoms with Gasteiger partial charge >= 0.3 is 6.16 Å². The van der Waals surface area contributed by atoms with Crippen LogP contribution in [0.25, 0.3) is 16.6 Å². The molecule has 2 aromatic carbocycles. The molecule has 0 aliphatic carbocycles. The second kappa shape index (κ2) is 7.97. The average molecular weight is 432 g/mol. The van der Waals surface area contributed by atoms with E-state index in [2.05, 4.69) is 10.1 Å². The molecular formula is C21H19ClFN3O4. The van der Waals surface area contributed by atoms with Crippen LogP contribution in [0.1, 0.15) is 6.92 Å². The summed E-state index contributed by atoms with van der Waals surface area (Å²) in [5.41, 5.74) is 0.369. The summed E-state index contributed by atoms with van der Waals surface area (Å²) in [6, 6.07) is 10.2. The van der Waals surface area contributed by atoms with Crippen molar-refractivity contribution in [2.75, 3.05) is 24.5 Å². The van der Waals surface area contributed by atoms with Gasteiger partial charge in [0.25, 0.3) is 0 Å². The van der Waals surface area contributed by atoms with Crippen LogP contribution in [0.15, 0.2) is 47.4 Å². The highest BCUT2D eigenvalue weighted by Gasteiger charge is 2.26. The molecule has 2 heterocycles. The predicted octanol–water partition coefficient (Wildman–Crippen LogP) is 3.64. The number of ether oxygens (including phenoxy) is 1. The molecule has 0 bridgehead atoms. The molecular weight excluding hydrogens is 413 g/mol. The highest BCUT2D eigenvalue weighted by Crippen LogP contribution is 2.37. The molecule has 1 saturated heterocycles. The Bertz CT molecular complexity index is 1180. The topological polar surface area (TPSA) is 83.8 Å². The quantitative estimate of drug-likeness (QED) is 0.616. The molecule has 30 heavy (non-hydrogen) atoms. The van der Waals surface area contributed by atoms with Crippen molar-refractivity contribution in [3.63, 3.8) is 0 Å². The number of halogens is 2. The Balaban J connectivity index is 2.03. The normalized spacial score (nSPS) is 16.6. The van der Waals surface area contributed by atoms with Crippen LogP contribution in [0, 0.1) is 5.82 Å². The number of hydrogen-bond acceptors (Lipinski definition) is 5. The van der Waals surface area contributed by atoms with E-state index < -0.39 is 23.2 Å². The lowest BCUT2D eigenvalue weighted by atomic mass is 10.1. The van der Waals surface area contributed by atoms with Crippen molar-refractivity contribution in [2.45, 2.75) is 13.0 Å². The van der Waals surface area contributed by atoms with Crippen LogP contribution in [-0.2, 0) is 0 Å². The van der Waals surface area contributed by atoms with Crippen molar-refractivity contribution < 1.29 is 19.0 Å². The first kappa shape index (κ1) is 20.2. The molecule has 1 atom stereocenters. The smallest absolute Gasteiger partial charge is 0.449 e. The third kappa shape index (κ3) is 3.59. The zero-order chi connectivity index (χ0) is 21.4. The number of aromatic nitrogens is 1. The molecule has 7 nitrogen and oxygen atoms in total. The molecule has 1 aliphatic rings. The number of hydrogen-bond donors (Lipinski definition) is 2. The number of benzene rings is 2. The molecule has 1 aliphatic heterocycles. The fourth-order valence-electron chi connectivity index (χ4n) is 3.76. The number of fused-ring (bicyclic) bond motifs is 1. The van der Waals surface area contributed by atoms with E-state index in [1.165, 1.54) is 6.20 Å². The van der Waals surface area contributed by atoms with E-state index in [1.54, 1.807) is 28.8 Å². The molecule has 2 N–H and O–H groups in total. The Morgan fingerprint density at radius 3 is 2.73 bits per heavy atom. The van der Waals surface area contributed by atoms with Crippen molar-refractivity contribution in [1.29, 1.82) is 0 Å². The molecule has 1 aromatic heterocycles. The number of piperazine rings is 1. The first-order valence-electron chi connectivity index (χ1n) is 9.38. The summed E-state index contributed by atoms with van der Waals surface area (Å²) in [5, 5.41) is 12.3. The lowest BCUT2D eigenvalue weighted by Crippen LogP contribution is -2.49. The van der Waals surface area contributed by atoms with E-state index in [9.17, 15) is 9.59 Å². The van der Waals surface area contributed by atoms with Crippen LogP contribution in [0.3, 0.4) is 0 Å². The van der Waals surface area contributed by atoms with E-state index in [4.69, 9.17) is 16.7 Å². The molecule has 1 fully saturated rings. The Labute approximate surface area is 176 Å². The number of nitrogens with one attached hydrogen (secondary N) is 1. The first-order valence-corrected chi connectivity index (χ1v) is 9.76. The van der Waals surface area contributed by atoms with Gasteiger partial charge in [-0.25, -0.2) is 9.18 Å². The fourth-order valence-corrected chi connectivity index (χ4v) is 4.17. The van der Waals surface area contributed by atoms with Crippen molar-refractivity contribution in [3.05, 3.63) is 63.7 Å². The lowest BCUT2D eigenvalue weighted by molar-refractivity contribution is 0.144. The van der Waals surface area contributed by atoms with Crippen LogP contribution in [-0.4, -0.2) is 41.5 Å². The van der Waals surface area contributed by atoms with Gasteiger partial charge in [-0.1, -0.05) is 29.8 Å².